The molecule has 0 aromatic carbocycles. The maximum Gasteiger partial charge on any atom is 0.154 e. The molecule has 3 rings (SSSR count). The van der Waals surface area contributed by atoms with Gasteiger partial charge in [0.25, 0.3) is 0 Å². The van der Waals surface area contributed by atoms with Gasteiger partial charge in [0.05, 0.1) is 13.2 Å². The maximum atomic E-state index is 5.17. The average Bonchev–Trinajstić information content (AvgIpc) is 2.57. The first-order valence-corrected chi connectivity index (χ1v) is 10.3. The van der Waals surface area contributed by atoms with Crippen LogP contribution in [0.2, 0.25) is 0 Å². The van der Waals surface area contributed by atoms with Gasteiger partial charge < -0.3 is 9.47 Å². The molecule has 2 heteroatoms. The van der Waals surface area contributed by atoms with Crippen LogP contribution >= 0.6 is 0 Å². The number of rotatable bonds is 0. The highest BCUT2D eigenvalue weighted by atomic mass is 16.7. The van der Waals surface area contributed by atoms with Crippen LogP contribution in [0, 0.1) is 23.7 Å². The van der Waals surface area contributed by atoms with Gasteiger partial charge in [-0.05, 0) is 50.9 Å². The molecule has 0 aromatic heterocycles. The average molecular weight is 341 g/mol. The summed E-state index contributed by atoms with van der Waals surface area (Å²) in [5.74, 6) is 3.56. The van der Waals surface area contributed by atoms with Gasteiger partial charge in [-0.2, -0.15) is 0 Å². The zero-order valence-electron chi connectivity index (χ0n) is 17.1. The standard InChI is InChI=1S/C8H16.C8H14.C6H12O2.H2/c2*1-7-3-5-8(2)6-4-7;1-5-3-7-6(2)8-4-5;/h7-8H,3-6H2,1-2H3;3,8H,4-6H2,1-2H3;5-6H,3-4H2,1-2H3;1H. The fourth-order valence-corrected chi connectivity index (χ4v) is 3.22. The first kappa shape index (κ1) is 21.7. The molecule has 1 heterocycles. The minimum absolute atomic E-state index is 0. The summed E-state index contributed by atoms with van der Waals surface area (Å²) in [6.45, 7) is 15.0. The maximum absolute atomic E-state index is 5.17. The lowest BCUT2D eigenvalue weighted by molar-refractivity contribution is -0.187. The van der Waals surface area contributed by atoms with E-state index in [1.807, 2.05) is 6.92 Å². The van der Waals surface area contributed by atoms with Gasteiger partial charge in [-0.25, -0.2) is 0 Å². The third-order valence-electron chi connectivity index (χ3n) is 5.44. The third-order valence-corrected chi connectivity index (χ3v) is 5.44. The summed E-state index contributed by atoms with van der Waals surface area (Å²) in [6.07, 6.45) is 12.3. The minimum Gasteiger partial charge on any atom is -0.353 e. The zero-order chi connectivity index (χ0) is 17.9. The van der Waals surface area contributed by atoms with Crippen molar-refractivity contribution in [2.24, 2.45) is 23.7 Å². The topological polar surface area (TPSA) is 18.5 Å². The summed E-state index contributed by atoms with van der Waals surface area (Å²) in [7, 11) is 0. The summed E-state index contributed by atoms with van der Waals surface area (Å²) in [5, 5.41) is 0. The molecule has 1 saturated heterocycles. The molecule has 0 N–H and O–H groups in total. The quantitative estimate of drug-likeness (QED) is 0.449. The highest BCUT2D eigenvalue weighted by Gasteiger charge is 2.14. The Morgan fingerprint density at radius 1 is 0.750 bits per heavy atom. The van der Waals surface area contributed by atoms with E-state index in [0.717, 1.165) is 31.0 Å². The fraction of sp³-hybridized carbons (Fsp3) is 0.909. The minimum atomic E-state index is 0. The Morgan fingerprint density at radius 3 is 1.58 bits per heavy atom. The molecule has 1 saturated carbocycles. The van der Waals surface area contributed by atoms with Crippen molar-refractivity contribution in [3.8, 4) is 0 Å². The third kappa shape index (κ3) is 10.5. The molecular weight excluding hydrogens is 296 g/mol. The molecule has 0 amide bonds. The predicted octanol–water partition coefficient (Wildman–Crippen LogP) is 6.85. The Morgan fingerprint density at radius 2 is 1.25 bits per heavy atom. The van der Waals surface area contributed by atoms with Crippen LogP contribution in [0.15, 0.2) is 11.6 Å². The molecule has 2 aliphatic carbocycles. The van der Waals surface area contributed by atoms with E-state index in [9.17, 15) is 0 Å². The summed E-state index contributed by atoms with van der Waals surface area (Å²) in [5.41, 5.74) is 1.59. The molecule has 24 heavy (non-hydrogen) atoms. The summed E-state index contributed by atoms with van der Waals surface area (Å²) < 4.78 is 10.3. The first-order chi connectivity index (χ1) is 11.4. The van der Waals surface area contributed by atoms with Crippen molar-refractivity contribution in [2.75, 3.05) is 13.2 Å². The number of allylic oxidation sites excluding steroid dienone is 2. The van der Waals surface area contributed by atoms with E-state index in [2.05, 4.69) is 40.7 Å². The summed E-state index contributed by atoms with van der Waals surface area (Å²) >= 11 is 0. The van der Waals surface area contributed by atoms with E-state index in [1.54, 1.807) is 5.57 Å². The van der Waals surface area contributed by atoms with Crippen molar-refractivity contribution < 1.29 is 10.9 Å². The summed E-state index contributed by atoms with van der Waals surface area (Å²) in [4.78, 5) is 0. The van der Waals surface area contributed by atoms with Crippen LogP contribution in [0.25, 0.3) is 0 Å². The van der Waals surface area contributed by atoms with Crippen LogP contribution in [-0.2, 0) is 9.47 Å². The van der Waals surface area contributed by atoms with Crippen LogP contribution < -0.4 is 0 Å². The molecule has 1 aliphatic heterocycles. The van der Waals surface area contributed by atoms with E-state index in [4.69, 9.17) is 9.47 Å². The van der Waals surface area contributed by atoms with Gasteiger partial charge in [-0.3, -0.25) is 0 Å². The molecule has 3 aliphatic rings. The van der Waals surface area contributed by atoms with Crippen LogP contribution in [-0.4, -0.2) is 19.5 Å². The molecule has 144 valence electrons. The van der Waals surface area contributed by atoms with Crippen molar-refractivity contribution >= 4 is 0 Å². The molecule has 0 spiro atoms. The monoisotopic (exact) mass is 340 g/mol. The number of hydrogen-bond donors (Lipinski definition) is 0. The van der Waals surface area contributed by atoms with Crippen LogP contribution in [0.1, 0.15) is 87.9 Å². The highest BCUT2D eigenvalue weighted by Crippen LogP contribution is 2.27. The molecule has 0 bridgehead atoms. The van der Waals surface area contributed by atoms with Crippen molar-refractivity contribution in [3.05, 3.63) is 11.6 Å². The second-order valence-electron chi connectivity index (χ2n) is 8.63. The SMILES string of the molecule is CC1=CCC(C)CC1.CC1CCC(C)CC1.CC1COC(C)OC1.[HH]. The molecular formula is C22H44O2. The largest absolute Gasteiger partial charge is 0.353 e. The van der Waals surface area contributed by atoms with Crippen molar-refractivity contribution in [1.82, 2.24) is 0 Å². The Labute approximate surface area is 152 Å². The van der Waals surface area contributed by atoms with Gasteiger partial charge in [-0.15, -0.1) is 0 Å². The molecule has 1 unspecified atom stereocenters. The normalized spacial score (nSPS) is 36.4. The van der Waals surface area contributed by atoms with Crippen LogP contribution in [0.5, 0.6) is 0 Å². The van der Waals surface area contributed by atoms with Gasteiger partial charge in [-0.1, -0.05) is 65.0 Å². The smallest absolute Gasteiger partial charge is 0.154 e. The van der Waals surface area contributed by atoms with Crippen molar-refractivity contribution in [1.29, 1.82) is 0 Å². The van der Waals surface area contributed by atoms with Gasteiger partial charge in [0.15, 0.2) is 6.29 Å². The fourth-order valence-electron chi connectivity index (χ4n) is 3.22. The van der Waals surface area contributed by atoms with Gasteiger partial charge in [0.1, 0.15) is 0 Å². The van der Waals surface area contributed by atoms with Gasteiger partial charge >= 0.3 is 0 Å². The van der Waals surface area contributed by atoms with Crippen LogP contribution in [0.4, 0.5) is 0 Å². The molecule has 2 nitrogen and oxygen atoms in total. The molecule has 0 radical (unpaired) electrons. The zero-order valence-corrected chi connectivity index (χ0v) is 17.1. The van der Waals surface area contributed by atoms with E-state index < -0.39 is 0 Å². The Hall–Kier alpha value is -0.340. The van der Waals surface area contributed by atoms with Gasteiger partial charge in [0, 0.05) is 7.34 Å². The number of ether oxygens (including phenoxy) is 2. The van der Waals surface area contributed by atoms with Crippen LogP contribution in [0.3, 0.4) is 0 Å². The van der Waals surface area contributed by atoms with Gasteiger partial charge in [0.2, 0.25) is 0 Å². The molecule has 2 fully saturated rings. The Kier molecular flexibility index (Phi) is 10.9. The second-order valence-corrected chi connectivity index (χ2v) is 8.63. The van der Waals surface area contributed by atoms with E-state index in [1.165, 1.54) is 44.9 Å². The Balaban J connectivity index is 0.000000339. The van der Waals surface area contributed by atoms with E-state index >= 15 is 0 Å². The Bertz CT molecular complexity index is 300. The van der Waals surface area contributed by atoms with E-state index in [-0.39, 0.29) is 7.72 Å². The lowest BCUT2D eigenvalue weighted by atomic mass is 9.84. The molecule has 1 atom stereocenters. The highest BCUT2D eigenvalue weighted by molar-refractivity contribution is 5.01. The molecule has 0 aromatic rings. The van der Waals surface area contributed by atoms with Crippen molar-refractivity contribution in [3.63, 3.8) is 0 Å². The first-order valence-electron chi connectivity index (χ1n) is 10.3. The summed E-state index contributed by atoms with van der Waals surface area (Å²) in [6, 6.07) is 0. The van der Waals surface area contributed by atoms with Crippen molar-refractivity contribution in [2.45, 2.75) is 92.8 Å². The predicted molar refractivity (Wildman–Crippen MR) is 106 cm³/mol. The lowest BCUT2D eigenvalue weighted by Crippen LogP contribution is -2.27. The van der Waals surface area contributed by atoms with E-state index in [0.29, 0.717) is 5.92 Å². The number of hydrogen-bond acceptors (Lipinski definition) is 2. The lowest BCUT2D eigenvalue weighted by Gasteiger charge is -2.24. The second kappa shape index (κ2) is 12.1.